The predicted octanol–water partition coefficient (Wildman–Crippen LogP) is 1.21. The predicted molar refractivity (Wildman–Crippen MR) is 64.0 cm³/mol. The summed E-state index contributed by atoms with van der Waals surface area (Å²) in [5.41, 5.74) is -0.674. The van der Waals surface area contributed by atoms with Crippen molar-refractivity contribution in [3.05, 3.63) is 29.8 Å². The summed E-state index contributed by atoms with van der Waals surface area (Å²) in [6, 6.07) is 4.95. The fourth-order valence-electron chi connectivity index (χ4n) is 1.28. The Morgan fingerprint density at radius 3 is 2.14 bits per heavy atom. The van der Waals surface area contributed by atoms with E-state index in [2.05, 4.69) is 5.32 Å². The van der Waals surface area contributed by atoms with Crippen LogP contribution in [0.25, 0.3) is 0 Å². The molecule has 1 saturated heterocycles. The van der Waals surface area contributed by atoms with Crippen molar-refractivity contribution in [1.82, 2.24) is 5.32 Å². The molecule has 0 amide bonds. The average molecular weight is 307 g/mol. The first kappa shape index (κ1) is 16.8. The van der Waals surface area contributed by atoms with E-state index in [0.717, 1.165) is 12.1 Å². The van der Waals surface area contributed by atoms with Crippen molar-refractivity contribution in [1.29, 1.82) is 0 Å². The zero-order valence-corrected chi connectivity index (χ0v) is 10.6. The van der Waals surface area contributed by atoms with Gasteiger partial charge in [0.2, 0.25) is 0 Å². The standard InChI is InChI=1S/C10H10F3NO.C2H2O4/c11-10(12,13)7-2-1-3-8(4-7)15-9-5-14-6-9;3-1(4)2(5)6/h1-4,9,14H,5-6H2;(H,3,4)(H,5,6). The second kappa shape index (κ2) is 6.93. The maximum absolute atomic E-state index is 12.3. The maximum atomic E-state index is 12.3. The highest BCUT2D eigenvalue weighted by molar-refractivity contribution is 6.27. The van der Waals surface area contributed by atoms with E-state index in [1.807, 2.05) is 0 Å². The van der Waals surface area contributed by atoms with Crippen molar-refractivity contribution in [3.63, 3.8) is 0 Å². The zero-order chi connectivity index (χ0) is 16.0. The summed E-state index contributed by atoms with van der Waals surface area (Å²) in [5, 5.41) is 17.8. The minimum Gasteiger partial charge on any atom is -0.488 e. The Morgan fingerprint density at radius 2 is 1.76 bits per heavy atom. The molecule has 0 aromatic heterocycles. The lowest BCUT2D eigenvalue weighted by Gasteiger charge is -2.28. The summed E-state index contributed by atoms with van der Waals surface area (Å²) in [6.07, 6.45) is -4.31. The Balaban J connectivity index is 0.000000315. The van der Waals surface area contributed by atoms with E-state index in [1.165, 1.54) is 12.1 Å². The van der Waals surface area contributed by atoms with Gasteiger partial charge in [-0.25, -0.2) is 9.59 Å². The Hall–Kier alpha value is -2.29. The molecule has 3 N–H and O–H groups in total. The monoisotopic (exact) mass is 307 g/mol. The molecule has 116 valence electrons. The third-order valence-electron chi connectivity index (χ3n) is 2.39. The van der Waals surface area contributed by atoms with Gasteiger partial charge in [-0.3, -0.25) is 0 Å². The molecule has 9 heteroatoms. The SMILES string of the molecule is FC(F)(F)c1cccc(OC2CNC2)c1.O=C(O)C(=O)O. The first-order valence-electron chi connectivity index (χ1n) is 5.71. The highest BCUT2D eigenvalue weighted by Gasteiger charge is 2.31. The lowest BCUT2D eigenvalue weighted by molar-refractivity contribution is -0.159. The number of aliphatic carboxylic acids is 2. The van der Waals surface area contributed by atoms with Crippen molar-refractivity contribution in [3.8, 4) is 5.75 Å². The number of hydrogen-bond donors (Lipinski definition) is 3. The summed E-state index contributed by atoms with van der Waals surface area (Å²) in [7, 11) is 0. The molecule has 0 atom stereocenters. The molecule has 0 bridgehead atoms. The highest BCUT2D eigenvalue weighted by atomic mass is 19.4. The van der Waals surface area contributed by atoms with Crippen LogP contribution in [-0.2, 0) is 15.8 Å². The van der Waals surface area contributed by atoms with Crippen LogP contribution in [0.15, 0.2) is 24.3 Å². The van der Waals surface area contributed by atoms with Gasteiger partial charge in [-0.15, -0.1) is 0 Å². The molecule has 1 fully saturated rings. The second-order valence-corrected chi connectivity index (χ2v) is 4.03. The van der Waals surface area contributed by atoms with Gasteiger partial charge in [0.15, 0.2) is 0 Å². The molecule has 1 heterocycles. The number of carboxylic acids is 2. The van der Waals surface area contributed by atoms with E-state index < -0.39 is 23.7 Å². The highest BCUT2D eigenvalue weighted by Crippen LogP contribution is 2.31. The van der Waals surface area contributed by atoms with Crippen LogP contribution in [0.3, 0.4) is 0 Å². The number of benzene rings is 1. The van der Waals surface area contributed by atoms with Gasteiger partial charge < -0.3 is 20.3 Å². The molecule has 0 spiro atoms. The normalized spacial score (nSPS) is 14.4. The van der Waals surface area contributed by atoms with Gasteiger partial charge >= 0.3 is 18.1 Å². The van der Waals surface area contributed by atoms with Crippen molar-refractivity contribution in [2.45, 2.75) is 12.3 Å². The second-order valence-electron chi connectivity index (χ2n) is 4.03. The third kappa shape index (κ3) is 5.69. The Morgan fingerprint density at radius 1 is 1.19 bits per heavy atom. The average Bonchev–Trinajstić information content (AvgIpc) is 2.34. The van der Waals surface area contributed by atoms with Crippen LogP contribution < -0.4 is 10.1 Å². The van der Waals surface area contributed by atoms with Crippen LogP contribution >= 0.6 is 0 Å². The Bertz CT molecular complexity index is 502. The van der Waals surface area contributed by atoms with Crippen LogP contribution in [0.5, 0.6) is 5.75 Å². The molecule has 0 aliphatic carbocycles. The number of carbonyl (C=O) groups is 2. The zero-order valence-electron chi connectivity index (χ0n) is 10.6. The number of ether oxygens (including phenoxy) is 1. The number of alkyl halides is 3. The lowest BCUT2D eigenvalue weighted by Crippen LogP contribution is -2.50. The summed E-state index contributed by atoms with van der Waals surface area (Å²) in [4.78, 5) is 18.2. The topological polar surface area (TPSA) is 95.9 Å². The first-order chi connectivity index (χ1) is 9.70. The van der Waals surface area contributed by atoms with Gasteiger partial charge in [0.1, 0.15) is 11.9 Å². The van der Waals surface area contributed by atoms with Crippen molar-refractivity contribution >= 4 is 11.9 Å². The summed E-state index contributed by atoms with van der Waals surface area (Å²) >= 11 is 0. The van der Waals surface area contributed by atoms with E-state index >= 15 is 0 Å². The van der Waals surface area contributed by atoms with Gasteiger partial charge in [-0.2, -0.15) is 13.2 Å². The van der Waals surface area contributed by atoms with E-state index in [1.54, 1.807) is 0 Å². The molecule has 2 rings (SSSR count). The van der Waals surface area contributed by atoms with Crippen molar-refractivity contribution in [2.24, 2.45) is 0 Å². The summed E-state index contributed by atoms with van der Waals surface area (Å²) in [6.45, 7) is 1.38. The van der Waals surface area contributed by atoms with E-state index in [0.29, 0.717) is 13.1 Å². The molecule has 21 heavy (non-hydrogen) atoms. The Labute approximate surface area is 117 Å². The fraction of sp³-hybridized carbons (Fsp3) is 0.333. The Kier molecular flexibility index (Phi) is 5.53. The molecule has 6 nitrogen and oxygen atoms in total. The molecular weight excluding hydrogens is 295 g/mol. The van der Waals surface area contributed by atoms with E-state index in [-0.39, 0.29) is 11.9 Å². The van der Waals surface area contributed by atoms with Gasteiger partial charge in [0.25, 0.3) is 0 Å². The van der Waals surface area contributed by atoms with Gasteiger partial charge in [-0.1, -0.05) is 6.07 Å². The van der Waals surface area contributed by atoms with Gasteiger partial charge in [0, 0.05) is 13.1 Å². The van der Waals surface area contributed by atoms with Crippen molar-refractivity contribution in [2.75, 3.05) is 13.1 Å². The molecule has 0 radical (unpaired) electrons. The van der Waals surface area contributed by atoms with Crippen LogP contribution in [0.4, 0.5) is 13.2 Å². The molecule has 1 aliphatic heterocycles. The van der Waals surface area contributed by atoms with E-state index in [4.69, 9.17) is 24.5 Å². The fourth-order valence-corrected chi connectivity index (χ4v) is 1.28. The van der Waals surface area contributed by atoms with Gasteiger partial charge in [0.05, 0.1) is 5.56 Å². The molecule has 0 saturated carbocycles. The number of carboxylic acid groups (broad SMARTS) is 2. The quantitative estimate of drug-likeness (QED) is 0.711. The molecule has 1 aliphatic rings. The number of nitrogens with one attached hydrogen (secondary N) is 1. The minimum atomic E-state index is -4.31. The van der Waals surface area contributed by atoms with Crippen LogP contribution in [-0.4, -0.2) is 41.3 Å². The van der Waals surface area contributed by atoms with E-state index in [9.17, 15) is 13.2 Å². The van der Waals surface area contributed by atoms with Crippen LogP contribution in [0, 0.1) is 0 Å². The number of halogens is 3. The smallest absolute Gasteiger partial charge is 0.416 e. The van der Waals surface area contributed by atoms with Crippen LogP contribution in [0.1, 0.15) is 5.56 Å². The minimum absolute atomic E-state index is 0.00603. The molecule has 1 aromatic rings. The summed E-state index contributed by atoms with van der Waals surface area (Å²) in [5.74, 6) is -3.37. The van der Waals surface area contributed by atoms with Crippen molar-refractivity contribution < 1.29 is 37.7 Å². The molecule has 1 aromatic carbocycles. The maximum Gasteiger partial charge on any atom is 0.416 e. The largest absolute Gasteiger partial charge is 0.488 e. The number of hydrogen-bond acceptors (Lipinski definition) is 4. The lowest BCUT2D eigenvalue weighted by atomic mass is 10.2. The van der Waals surface area contributed by atoms with Gasteiger partial charge in [-0.05, 0) is 18.2 Å². The molecular formula is C12H12F3NO5. The third-order valence-corrected chi connectivity index (χ3v) is 2.39. The summed E-state index contributed by atoms with van der Waals surface area (Å²) < 4.78 is 42.3. The number of rotatable bonds is 2. The van der Waals surface area contributed by atoms with Crippen LogP contribution in [0.2, 0.25) is 0 Å². The first-order valence-corrected chi connectivity index (χ1v) is 5.71. The molecule has 0 unspecified atom stereocenters.